The Morgan fingerprint density at radius 2 is 2.12 bits per heavy atom. The summed E-state index contributed by atoms with van der Waals surface area (Å²) in [6, 6.07) is 2.06. The monoisotopic (exact) mass is 303 g/mol. The number of carbonyl (C=O) groups excluding carboxylic acids is 1. The Hall–Kier alpha value is -0.350. The zero-order chi connectivity index (χ0) is 12.3. The van der Waals surface area contributed by atoms with E-state index < -0.39 is 0 Å². The third-order valence-corrected chi connectivity index (χ3v) is 4.36. The summed E-state index contributed by atoms with van der Waals surface area (Å²) >= 11 is 5.08. The first-order valence-electron chi connectivity index (χ1n) is 5.39. The Morgan fingerprint density at radius 1 is 1.50 bits per heavy atom. The molecule has 0 bridgehead atoms. The molecule has 0 aliphatic carbocycles. The van der Waals surface area contributed by atoms with Crippen LogP contribution in [-0.2, 0) is 11.3 Å². The van der Waals surface area contributed by atoms with Crippen molar-refractivity contribution in [2.75, 3.05) is 7.05 Å². The van der Waals surface area contributed by atoms with Crippen molar-refractivity contribution >= 4 is 33.2 Å². The maximum absolute atomic E-state index is 12.0. The van der Waals surface area contributed by atoms with Crippen molar-refractivity contribution in [3.63, 3.8) is 0 Å². The molecular weight excluding hydrogens is 286 g/mol. The summed E-state index contributed by atoms with van der Waals surface area (Å²) < 4.78 is 1.11. The summed E-state index contributed by atoms with van der Waals surface area (Å²) in [6.07, 6.45) is 0. The van der Waals surface area contributed by atoms with Gasteiger partial charge in [0, 0.05) is 19.5 Å². The molecular formula is C12H18BrNOS. The van der Waals surface area contributed by atoms with Crippen LogP contribution in [0.25, 0.3) is 0 Å². The van der Waals surface area contributed by atoms with E-state index in [0.29, 0.717) is 12.5 Å². The Bertz CT molecular complexity index is 362. The molecule has 90 valence electrons. The molecule has 1 aromatic rings. The van der Waals surface area contributed by atoms with E-state index in [4.69, 9.17) is 0 Å². The lowest BCUT2D eigenvalue weighted by atomic mass is 9.97. The van der Waals surface area contributed by atoms with Gasteiger partial charge in [0.25, 0.3) is 0 Å². The number of carbonyl (C=O) groups is 1. The van der Waals surface area contributed by atoms with E-state index in [0.717, 1.165) is 3.79 Å². The van der Waals surface area contributed by atoms with Gasteiger partial charge in [-0.1, -0.05) is 20.8 Å². The van der Waals surface area contributed by atoms with Gasteiger partial charge in [-0.05, 0) is 38.9 Å². The van der Waals surface area contributed by atoms with E-state index in [1.54, 1.807) is 16.2 Å². The molecule has 0 spiro atoms. The van der Waals surface area contributed by atoms with Gasteiger partial charge in [-0.25, -0.2) is 0 Å². The molecule has 0 saturated carbocycles. The van der Waals surface area contributed by atoms with Crippen molar-refractivity contribution in [3.8, 4) is 0 Å². The molecule has 1 amide bonds. The van der Waals surface area contributed by atoms with Crippen LogP contribution in [0.1, 0.15) is 26.3 Å². The Balaban J connectivity index is 2.58. The van der Waals surface area contributed by atoms with E-state index >= 15 is 0 Å². The summed E-state index contributed by atoms with van der Waals surface area (Å²) in [6.45, 7) is 6.85. The standard InChI is InChI=1S/C12H18BrNOS/c1-8(2)9(3)12(15)14(4)6-10-5-11(13)16-7-10/h5,7-9H,6H2,1-4H3. The molecule has 4 heteroatoms. The minimum atomic E-state index is 0.0899. The number of rotatable bonds is 4. The van der Waals surface area contributed by atoms with Crippen molar-refractivity contribution in [1.29, 1.82) is 0 Å². The van der Waals surface area contributed by atoms with Crippen LogP contribution < -0.4 is 0 Å². The van der Waals surface area contributed by atoms with Crippen LogP contribution in [0.2, 0.25) is 0 Å². The summed E-state index contributed by atoms with van der Waals surface area (Å²) in [4.78, 5) is 13.8. The Labute approximate surface area is 110 Å². The second-order valence-electron chi connectivity index (χ2n) is 4.49. The van der Waals surface area contributed by atoms with Gasteiger partial charge < -0.3 is 4.90 Å². The molecule has 1 heterocycles. The highest BCUT2D eigenvalue weighted by atomic mass is 79.9. The first kappa shape index (κ1) is 13.7. The maximum Gasteiger partial charge on any atom is 0.225 e. The van der Waals surface area contributed by atoms with Crippen molar-refractivity contribution in [1.82, 2.24) is 4.90 Å². The van der Waals surface area contributed by atoms with E-state index in [1.165, 1.54) is 5.56 Å². The topological polar surface area (TPSA) is 20.3 Å². The average Bonchev–Trinajstić information content (AvgIpc) is 2.61. The number of halogens is 1. The van der Waals surface area contributed by atoms with Crippen LogP contribution in [0.4, 0.5) is 0 Å². The van der Waals surface area contributed by atoms with Gasteiger partial charge >= 0.3 is 0 Å². The molecule has 0 aromatic carbocycles. The van der Waals surface area contributed by atoms with Crippen molar-refractivity contribution in [3.05, 3.63) is 20.8 Å². The highest BCUT2D eigenvalue weighted by Crippen LogP contribution is 2.22. The predicted octanol–water partition coefficient (Wildman–Crippen LogP) is 3.76. The molecule has 0 saturated heterocycles. The van der Waals surface area contributed by atoms with Crippen LogP contribution in [0.5, 0.6) is 0 Å². The van der Waals surface area contributed by atoms with Gasteiger partial charge in [0.05, 0.1) is 3.79 Å². The second-order valence-corrected chi connectivity index (χ2v) is 6.78. The lowest BCUT2D eigenvalue weighted by Crippen LogP contribution is -2.33. The predicted molar refractivity (Wildman–Crippen MR) is 72.5 cm³/mol. The summed E-state index contributed by atoms with van der Waals surface area (Å²) in [5.41, 5.74) is 1.18. The first-order chi connectivity index (χ1) is 7.41. The molecule has 1 aromatic heterocycles. The van der Waals surface area contributed by atoms with Crippen LogP contribution in [-0.4, -0.2) is 17.9 Å². The third kappa shape index (κ3) is 3.59. The smallest absolute Gasteiger partial charge is 0.225 e. The maximum atomic E-state index is 12.0. The fourth-order valence-electron chi connectivity index (χ4n) is 1.41. The second kappa shape index (κ2) is 5.82. The van der Waals surface area contributed by atoms with E-state index in [1.807, 2.05) is 14.0 Å². The largest absolute Gasteiger partial charge is 0.341 e. The molecule has 1 rings (SSSR count). The number of hydrogen-bond donors (Lipinski definition) is 0. The number of amides is 1. The lowest BCUT2D eigenvalue weighted by molar-refractivity contribution is -0.135. The molecule has 0 N–H and O–H groups in total. The molecule has 0 fully saturated rings. The van der Waals surface area contributed by atoms with Crippen molar-refractivity contribution in [2.45, 2.75) is 27.3 Å². The lowest BCUT2D eigenvalue weighted by Gasteiger charge is -2.23. The zero-order valence-corrected chi connectivity index (χ0v) is 12.6. The van der Waals surface area contributed by atoms with E-state index in [-0.39, 0.29) is 11.8 Å². The Morgan fingerprint density at radius 3 is 2.56 bits per heavy atom. The summed E-state index contributed by atoms with van der Waals surface area (Å²) in [5.74, 6) is 0.702. The molecule has 16 heavy (non-hydrogen) atoms. The normalized spacial score (nSPS) is 12.9. The molecule has 0 aliphatic rings. The van der Waals surface area contributed by atoms with Gasteiger partial charge in [-0.15, -0.1) is 11.3 Å². The fourth-order valence-corrected chi connectivity index (χ4v) is 2.61. The molecule has 2 nitrogen and oxygen atoms in total. The van der Waals surface area contributed by atoms with Crippen molar-refractivity contribution < 1.29 is 4.79 Å². The SMILES string of the molecule is CC(C)C(C)C(=O)N(C)Cc1csc(Br)c1. The highest BCUT2D eigenvalue weighted by molar-refractivity contribution is 9.11. The van der Waals surface area contributed by atoms with Crippen LogP contribution in [0.15, 0.2) is 15.2 Å². The fraction of sp³-hybridized carbons (Fsp3) is 0.583. The minimum Gasteiger partial charge on any atom is -0.341 e. The van der Waals surface area contributed by atoms with Gasteiger partial charge in [-0.3, -0.25) is 4.79 Å². The summed E-state index contributed by atoms with van der Waals surface area (Å²) in [7, 11) is 1.87. The quantitative estimate of drug-likeness (QED) is 0.829. The van der Waals surface area contributed by atoms with Gasteiger partial charge in [0.2, 0.25) is 5.91 Å². The minimum absolute atomic E-state index is 0.0899. The number of thiophene rings is 1. The number of nitrogens with zero attached hydrogens (tertiary/aromatic N) is 1. The van der Waals surface area contributed by atoms with Crippen LogP contribution >= 0.6 is 27.3 Å². The highest BCUT2D eigenvalue weighted by Gasteiger charge is 2.20. The number of hydrogen-bond acceptors (Lipinski definition) is 2. The van der Waals surface area contributed by atoms with Gasteiger partial charge in [0.1, 0.15) is 0 Å². The molecule has 1 unspecified atom stereocenters. The third-order valence-electron chi connectivity index (χ3n) is 2.81. The molecule has 0 aliphatic heterocycles. The zero-order valence-electron chi connectivity index (χ0n) is 10.2. The summed E-state index contributed by atoms with van der Waals surface area (Å²) in [5, 5.41) is 2.08. The van der Waals surface area contributed by atoms with Crippen LogP contribution in [0, 0.1) is 11.8 Å². The van der Waals surface area contributed by atoms with Gasteiger partial charge in [-0.2, -0.15) is 0 Å². The van der Waals surface area contributed by atoms with Gasteiger partial charge in [0.15, 0.2) is 0 Å². The average molecular weight is 304 g/mol. The molecule has 1 atom stereocenters. The molecule has 0 radical (unpaired) electrons. The Kier molecular flexibility index (Phi) is 4.99. The first-order valence-corrected chi connectivity index (χ1v) is 7.07. The van der Waals surface area contributed by atoms with Crippen LogP contribution in [0.3, 0.4) is 0 Å². The van der Waals surface area contributed by atoms with Crippen molar-refractivity contribution in [2.24, 2.45) is 11.8 Å². The van der Waals surface area contributed by atoms with E-state index in [9.17, 15) is 4.79 Å². The van der Waals surface area contributed by atoms with E-state index in [2.05, 4.69) is 41.2 Å².